The Balaban J connectivity index is 1.99. The van der Waals surface area contributed by atoms with Gasteiger partial charge in [0.15, 0.2) is 0 Å². The second kappa shape index (κ2) is 6.46. The average molecular weight is 292 g/mol. The first-order valence-electron chi connectivity index (χ1n) is 7.39. The summed E-state index contributed by atoms with van der Waals surface area (Å²) in [5, 5.41) is 12.4. The molecule has 1 aromatic rings. The molecule has 6 heteroatoms. The van der Waals surface area contributed by atoms with Gasteiger partial charge in [0, 0.05) is 31.1 Å². The molecule has 1 fully saturated rings. The molecule has 116 valence electrons. The minimum absolute atomic E-state index is 0.207. The number of rotatable bonds is 4. The molecule has 0 bridgehead atoms. The number of ether oxygens (including phenoxy) is 1. The van der Waals surface area contributed by atoms with E-state index < -0.39 is 0 Å². The van der Waals surface area contributed by atoms with Gasteiger partial charge in [-0.1, -0.05) is 20.8 Å². The number of anilines is 1. The minimum atomic E-state index is -0.207. The Kier molecular flexibility index (Phi) is 4.86. The van der Waals surface area contributed by atoms with Crippen LogP contribution in [0.25, 0.3) is 0 Å². The smallest absolute Gasteiger partial charge is 0.232 e. The maximum atomic E-state index is 9.17. The van der Waals surface area contributed by atoms with Gasteiger partial charge in [0.1, 0.15) is 6.07 Å². The predicted octanol–water partition coefficient (Wildman–Crippen LogP) is 1.98. The second-order valence-electron chi connectivity index (χ2n) is 6.44. The predicted molar refractivity (Wildman–Crippen MR) is 80.3 cm³/mol. The first-order valence-corrected chi connectivity index (χ1v) is 7.39. The first kappa shape index (κ1) is 15.8. The van der Waals surface area contributed by atoms with Crippen LogP contribution < -0.4 is 5.32 Å². The average Bonchev–Trinajstić information content (AvgIpc) is 2.89. The Morgan fingerprint density at radius 3 is 2.62 bits per heavy atom. The summed E-state index contributed by atoms with van der Waals surface area (Å²) < 4.78 is 11.1. The number of aromatic nitrogens is 1. The van der Waals surface area contributed by atoms with Crippen LogP contribution in [0.1, 0.15) is 39.3 Å². The molecule has 6 nitrogen and oxygen atoms in total. The molecule has 1 N–H and O–H groups in total. The van der Waals surface area contributed by atoms with Crippen LogP contribution in [0.15, 0.2) is 4.42 Å². The van der Waals surface area contributed by atoms with E-state index in [1.54, 1.807) is 0 Å². The van der Waals surface area contributed by atoms with Crippen molar-refractivity contribution in [2.45, 2.75) is 39.2 Å². The summed E-state index contributed by atoms with van der Waals surface area (Å²) >= 11 is 0. The third-order valence-corrected chi connectivity index (χ3v) is 3.60. The van der Waals surface area contributed by atoms with E-state index in [0.29, 0.717) is 30.1 Å². The van der Waals surface area contributed by atoms with E-state index >= 15 is 0 Å². The lowest BCUT2D eigenvalue weighted by Gasteiger charge is -2.32. The largest absolute Gasteiger partial charge is 0.423 e. The normalized spacial score (nSPS) is 18.2. The van der Waals surface area contributed by atoms with Crippen LogP contribution in [-0.2, 0) is 10.2 Å². The van der Waals surface area contributed by atoms with Crippen molar-refractivity contribution >= 4 is 5.88 Å². The van der Waals surface area contributed by atoms with Gasteiger partial charge in [-0.05, 0) is 6.92 Å². The minimum Gasteiger partial charge on any atom is -0.423 e. The highest BCUT2D eigenvalue weighted by Crippen LogP contribution is 2.26. The molecule has 1 atom stereocenters. The lowest BCUT2D eigenvalue weighted by Crippen LogP contribution is -2.45. The monoisotopic (exact) mass is 292 g/mol. The van der Waals surface area contributed by atoms with Gasteiger partial charge >= 0.3 is 0 Å². The number of nitrogens with one attached hydrogen (secondary N) is 1. The molecule has 0 radical (unpaired) electrons. The fourth-order valence-electron chi connectivity index (χ4n) is 2.22. The maximum Gasteiger partial charge on any atom is 0.232 e. The van der Waals surface area contributed by atoms with Crippen molar-refractivity contribution in [3.8, 4) is 6.07 Å². The van der Waals surface area contributed by atoms with Gasteiger partial charge in [0.2, 0.25) is 17.5 Å². The van der Waals surface area contributed by atoms with E-state index in [0.717, 1.165) is 26.3 Å². The summed E-state index contributed by atoms with van der Waals surface area (Å²) in [6, 6.07) is 2.44. The fourth-order valence-corrected chi connectivity index (χ4v) is 2.22. The standard InChI is InChI=1S/C15H24N4O2/c1-11(19-5-7-20-8-6-19)10-17-13-12(9-16)18-14(21-13)15(2,3)4/h11,17H,5-8,10H2,1-4H3/t11-/m0/s1. The SMILES string of the molecule is C[C@@H](CNc1oc(C(C)(C)C)nc1C#N)N1CCOCC1. The number of hydrogen-bond donors (Lipinski definition) is 1. The lowest BCUT2D eigenvalue weighted by atomic mass is 9.97. The Bertz CT molecular complexity index is 507. The zero-order chi connectivity index (χ0) is 15.5. The van der Waals surface area contributed by atoms with E-state index in [9.17, 15) is 5.26 Å². The molecule has 0 aromatic carbocycles. The summed E-state index contributed by atoms with van der Waals surface area (Å²) in [6.07, 6.45) is 0. The molecule has 2 heterocycles. The van der Waals surface area contributed by atoms with E-state index in [-0.39, 0.29) is 5.41 Å². The van der Waals surface area contributed by atoms with Crippen LogP contribution in [-0.4, -0.2) is 48.8 Å². The molecule has 1 saturated heterocycles. The van der Waals surface area contributed by atoms with Crippen LogP contribution in [0.5, 0.6) is 0 Å². The summed E-state index contributed by atoms with van der Waals surface area (Å²) in [7, 11) is 0. The van der Waals surface area contributed by atoms with E-state index in [1.165, 1.54) is 0 Å². The number of oxazole rings is 1. The lowest BCUT2D eigenvalue weighted by molar-refractivity contribution is 0.0226. The quantitative estimate of drug-likeness (QED) is 0.914. The van der Waals surface area contributed by atoms with Crippen LogP contribution in [0.3, 0.4) is 0 Å². The van der Waals surface area contributed by atoms with Gasteiger partial charge in [-0.3, -0.25) is 4.90 Å². The highest BCUT2D eigenvalue weighted by atomic mass is 16.5. The maximum absolute atomic E-state index is 9.17. The van der Waals surface area contributed by atoms with Crippen LogP contribution >= 0.6 is 0 Å². The molecule has 1 aliphatic rings. The second-order valence-corrected chi connectivity index (χ2v) is 6.44. The van der Waals surface area contributed by atoms with Crippen molar-refractivity contribution in [1.29, 1.82) is 5.26 Å². The highest BCUT2D eigenvalue weighted by Gasteiger charge is 2.24. The zero-order valence-electron chi connectivity index (χ0n) is 13.3. The van der Waals surface area contributed by atoms with Crippen LogP contribution in [0.2, 0.25) is 0 Å². The van der Waals surface area contributed by atoms with E-state index in [2.05, 4.69) is 28.2 Å². The molecule has 0 aliphatic carbocycles. The molecule has 1 aliphatic heterocycles. The molecule has 0 amide bonds. The summed E-state index contributed by atoms with van der Waals surface area (Å²) in [6.45, 7) is 12.4. The molecular formula is C15H24N4O2. The Morgan fingerprint density at radius 2 is 2.05 bits per heavy atom. The van der Waals surface area contributed by atoms with Crippen molar-refractivity contribution in [2.24, 2.45) is 0 Å². The van der Waals surface area contributed by atoms with Gasteiger partial charge in [-0.2, -0.15) is 10.2 Å². The molecule has 2 rings (SSSR count). The van der Waals surface area contributed by atoms with Crippen molar-refractivity contribution in [2.75, 3.05) is 38.2 Å². The van der Waals surface area contributed by atoms with Crippen LogP contribution in [0, 0.1) is 11.3 Å². The van der Waals surface area contributed by atoms with Gasteiger partial charge in [-0.15, -0.1) is 0 Å². The Morgan fingerprint density at radius 1 is 1.38 bits per heavy atom. The van der Waals surface area contributed by atoms with E-state index in [4.69, 9.17) is 9.15 Å². The molecule has 0 spiro atoms. The number of nitrogens with zero attached hydrogens (tertiary/aromatic N) is 3. The van der Waals surface area contributed by atoms with Crippen molar-refractivity contribution in [1.82, 2.24) is 9.88 Å². The number of nitriles is 1. The molecule has 21 heavy (non-hydrogen) atoms. The van der Waals surface area contributed by atoms with Crippen molar-refractivity contribution in [3.05, 3.63) is 11.6 Å². The number of morpholine rings is 1. The summed E-state index contributed by atoms with van der Waals surface area (Å²) in [5.41, 5.74) is 0.121. The first-order chi connectivity index (χ1) is 9.91. The third-order valence-electron chi connectivity index (χ3n) is 3.60. The van der Waals surface area contributed by atoms with Gasteiger partial charge in [-0.25, -0.2) is 0 Å². The summed E-state index contributed by atoms with van der Waals surface area (Å²) in [5.74, 6) is 1.06. The van der Waals surface area contributed by atoms with Gasteiger partial charge < -0.3 is 14.5 Å². The van der Waals surface area contributed by atoms with Crippen LogP contribution in [0.4, 0.5) is 5.88 Å². The van der Waals surface area contributed by atoms with Gasteiger partial charge in [0.05, 0.1) is 13.2 Å². The zero-order valence-corrected chi connectivity index (χ0v) is 13.3. The van der Waals surface area contributed by atoms with E-state index in [1.807, 2.05) is 20.8 Å². The number of hydrogen-bond acceptors (Lipinski definition) is 6. The summed E-state index contributed by atoms with van der Waals surface area (Å²) in [4.78, 5) is 6.63. The molecular weight excluding hydrogens is 268 g/mol. The third kappa shape index (κ3) is 3.96. The Hall–Kier alpha value is -1.58. The topological polar surface area (TPSA) is 74.3 Å². The molecule has 1 aromatic heterocycles. The van der Waals surface area contributed by atoms with Gasteiger partial charge in [0.25, 0.3) is 0 Å². The fraction of sp³-hybridized carbons (Fsp3) is 0.733. The highest BCUT2D eigenvalue weighted by molar-refractivity contribution is 5.45. The molecule has 0 saturated carbocycles. The Labute approximate surface area is 126 Å². The van der Waals surface area contributed by atoms with Crippen molar-refractivity contribution < 1.29 is 9.15 Å². The molecule has 0 unspecified atom stereocenters. The van der Waals surface area contributed by atoms with Crippen molar-refractivity contribution in [3.63, 3.8) is 0 Å².